The third kappa shape index (κ3) is 2.75. The van der Waals surface area contributed by atoms with Gasteiger partial charge in [-0.15, -0.1) is 5.10 Å². The second-order valence-corrected chi connectivity index (χ2v) is 6.95. The molecule has 2 saturated carbocycles. The number of carbonyl (C=O) groups excluding carboxylic acids is 1. The maximum Gasteiger partial charge on any atom is 0.223 e. The molecule has 0 radical (unpaired) electrons. The van der Waals surface area contributed by atoms with Crippen LogP contribution >= 0.6 is 0 Å². The van der Waals surface area contributed by atoms with Gasteiger partial charge in [-0.2, -0.15) is 5.10 Å². The molecule has 2 bridgehead atoms. The lowest BCUT2D eigenvalue weighted by atomic mass is 9.88. The van der Waals surface area contributed by atoms with E-state index < -0.39 is 0 Å². The Morgan fingerprint density at radius 1 is 1.48 bits per heavy atom. The molecule has 2 aliphatic carbocycles. The van der Waals surface area contributed by atoms with Crippen LogP contribution in [0.4, 0.5) is 0 Å². The summed E-state index contributed by atoms with van der Waals surface area (Å²) in [5.41, 5.74) is 1.69. The van der Waals surface area contributed by atoms with Gasteiger partial charge in [0, 0.05) is 24.2 Å². The Morgan fingerprint density at radius 2 is 2.39 bits per heavy atom. The number of carbonyl (C=O) groups is 1. The number of aromatic amines is 1. The van der Waals surface area contributed by atoms with Crippen molar-refractivity contribution in [3.63, 3.8) is 0 Å². The maximum absolute atomic E-state index is 12.4. The van der Waals surface area contributed by atoms with Gasteiger partial charge in [-0.25, -0.2) is 4.68 Å². The van der Waals surface area contributed by atoms with Crippen molar-refractivity contribution < 1.29 is 4.79 Å². The molecule has 4 atom stereocenters. The Balaban J connectivity index is 1.33. The fourth-order valence-corrected chi connectivity index (χ4v) is 4.05. The smallest absolute Gasteiger partial charge is 0.223 e. The van der Waals surface area contributed by atoms with Crippen LogP contribution in [0.25, 0.3) is 11.3 Å². The van der Waals surface area contributed by atoms with Crippen molar-refractivity contribution in [2.75, 3.05) is 6.54 Å². The van der Waals surface area contributed by atoms with Gasteiger partial charge in [0.25, 0.3) is 0 Å². The normalized spacial score (nSPS) is 27.3. The number of amides is 1. The molecule has 2 aromatic rings. The number of rotatable bonds is 5. The monoisotopic (exact) mass is 314 g/mol. The van der Waals surface area contributed by atoms with Crippen molar-refractivity contribution in [1.82, 2.24) is 30.5 Å². The average molecular weight is 314 g/mol. The largest absolute Gasteiger partial charge is 0.354 e. The molecule has 2 fully saturated rings. The number of aromatic nitrogens is 5. The van der Waals surface area contributed by atoms with Crippen molar-refractivity contribution in [3.8, 4) is 11.3 Å². The maximum atomic E-state index is 12.4. The van der Waals surface area contributed by atoms with Crippen molar-refractivity contribution in [3.05, 3.63) is 18.6 Å². The quantitative estimate of drug-likeness (QED) is 0.880. The standard InChI is InChI=1S/C16H22N6O/c1-10(22-9-15(20-21-22)13-7-18-19-8-13)6-17-16(23)14-5-11-2-3-12(14)4-11/h7-12,14H,2-6H2,1H3,(H,17,23)(H,18,19)/t10?,11-,12+,14-/m1/s1. The Bertz CT molecular complexity index is 679. The van der Waals surface area contributed by atoms with Crippen molar-refractivity contribution in [2.45, 2.75) is 38.6 Å². The van der Waals surface area contributed by atoms with Gasteiger partial charge in [0.2, 0.25) is 5.91 Å². The molecule has 1 amide bonds. The molecule has 7 nitrogen and oxygen atoms in total. The van der Waals surface area contributed by atoms with E-state index in [4.69, 9.17) is 0 Å². The molecule has 2 N–H and O–H groups in total. The van der Waals surface area contributed by atoms with E-state index in [0.29, 0.717) is 12.5 Å². The summed E-state index contributed by atoms with van der Waals surface area (Å²) in [6, 6.07) is 0.0747. The van der Waals surface area contributed by atoms with Gasteiger partial charge in [-0.3, -0.25) is 9.89 Å². The molecule has 0 aromatic carbocycles. The van der Waals surface area contributed by atoms with Gasteiger partial charge in [0.15, 0.2) is 0 Å². The average Bonchev–Trinajstić information content (AvgIpc) is 3.35. The van der Waals surface area contributed by atoms with E-state index in [-0.39, 0.29) is 17.9 Å². The summed E-state index contributed by atoms with van der Waals surface area (Å²) in [5.74, 6) is 1.87. The molecule has 1 unspecified atom stereocenters. The molecule has 0 spiro atoms. The molecule has 23 heavy (non-hydrogen) atoms. The van der Waals surface area contributed by atoms with Crippen molar-refractivity contribution >= 4 is 5.91 Å². The molecule has 2 aromatic heterocycles. The first-order chi connectivity index (χ1) is 11.2. The van der Waals surface area contributed by atoms with Gasteiger partial charge >= 0.3 is 0 Å². The number of fused-ring (bicyclic) bond motifs is 2. The summed E-state index contributed by atoms with van der Waals surface area (Å²) in [6.45, 7) is 2.62. The minimum atomic E-state index is 0.0747. The van der Waals surface area contributed by atoms with Crippen LogP contribution in [0, 0.1) is 17.8 Å². The Hall–Kier alpha value is -2.18. The third-order valence-corrected chi connectivity index (χ3v) is 5.40. The van der Waals surface area contributed by atoms with E-state index in [9.17, 15) is 4.79 Å². The lowest BCUT2D eigenvalue weighted by Crippen LogP contribution is -2.36. The summed E-state index contributed by atoms with van der Waals surface area (Å²) in [5, 5.41) is 18.1. The lowest BCUT2D eigenvalue weighted by molar-refractivity contribution is -0.126. The minimum absolute atomic E-state index is 0.0747. The van der Waals surface area contributed by atoms with Gasteiger partial charge < -0.3 is 5.32 Å². The highest BCUT2D eigenvalue weighted by Gasteiger charge is 2.42. The first-order valence-electron chi connectivity index (χ1n) is 8.39. The molecule has 2 heterocycles. The fraction of sp³-hybridized carbons (Fsp3) is 0.625. The van der Waals surface area contributed by atoms with E-state index in [1.165, 1.54) is 19.3 Å². The van der Waals surface area contributed by atoms with Gasteiger partial charge in [-0.05, 0) is 38.0 Å². The second-order valence-electron chi connectivity index (χ2n) is 6.95. The zero-order valence-electron chi connectivity index (χ0n) is 13.3. The number of H-pyrrole nitrogens is 1. The molecular weight excluding hydrogens is 292 g/mol. The summed E-state index contributed by atoms with van der Waals surface area (Å²) in [7, 11) is 0. The number of nitrogens with one attached hydrogen (secondary N) is 2. The van der Waals surface area contributed by atoms with Crippen LogP contribution in [0.3, 0.4) is 0 Å². The highest BCUT2D eigenvalue weighted by molar-refractivity contribution is 5.79. The highest BCUT2D eigenvalue weighted by atomic mass is 16.1. The first kappa shape index (κ1) is 14.4. The highest BCUT2D eigenvalue weighted by Crippen LogP contribution is 2.48. The van der Waals surface area contributed by atoms with Crippen molar-refractivity contribution in [2.24, 2.45) is 17.8 Å². The Morgan fingerprint density at radius 3 is 3.09 bits per heavy atom. The van der Waals surface area contributed by atoms with Crippen LogP contribution in [-0.4, -0.2) is 37.6 Å². The number of nitrogens with zero attached hydrogens (tertiary/aromatic N) is 4. The molecule has 0 saturated heterocycles. The molecular formula is C16H22N6O. The van der Waals surface area contributed by atoms with E-state index in [0.717, 1.165) is 23.6 Å². The summed E-state index contributed by atoms with van der Waals surface area (Å²) < 4.78 is 1.80. The molecule has 2 aliphatic rings. The van der Waals surface area contributed by atoms with E-state index in [2.05, 4.69) is 25.8 Å². The number of hydrogen-bond donors (Lipinski definition) is 2. The summed E-state index contributed by atoms with van der Waals surface area (Å²) in [4.78, 5) is 12.4. The predicted octanol–water partition coefficient (Wildman–Crippen LogP) is 1.78. The van der Waals surface area contributed by atoms with Gasteiger partial charge in [0.1, 0.15) is 5.69 Å². The van der Waals surface area contributed by atoms with E-state index >= 15 is 0 Å². The molecule has 7 heteroatoms. The van der Waals surface area contributed by atoms with Crippen LogP contribution in [0.15, 0.2) is 18.6 Å². The topological polar surface area (TPSA) is 88.5 Å². The van der Waals surface area contributed by atoms with Crippen LogP contribution in [-0.2, 0) is 4.79 Å². The number of hydrogen-bond acceptors (Lipinski definition) is 4. The molecule has 0 aliphatic heterocycles. The van der Waals surface area contributed by atoms with Crippen LogP contribution < -0.4 is 5.32 Å². The zero-order chi connectivity index (χ0) is 15.8. The fourth-order valence-electron chi connectivity index (χ4n) is 4.05. The second kappa shape index (κ2) is 5.79. The lowest BCUT2D eigenvalue weighted by Gasteiger charge is -2.22. The van der Waals surface area contributed by atoms with E-state index in [1.54, 1.807) is 17.1 Å². The predicted molar refractivity (Wildman–Crippen MR) is 84.3 cm³/mol. The minimum Gasteiger partial charge on any atom is -0.354 e. The first-order valence-corrected chi connectivity index (χ1v) is 8.39. The van der Waals surface area contributed by atoms with Gasteiger partial charge in [-0.1, -0.05) is 11.6 Å². The third-order valence-electron chi connectivity index (χ3n) is 5.40. The summed E-state index contributed by atoms with van der Waals surface area (Å²) >= 11 is 0. The SMILES string of the molecule is CC(CNC(=O)[C@@H]1C[C@@H]2CC[C@H]1C2)n1cc(-c2cn[nH]c2)nn1. The summed E-state index contributed by atoms with van der Waals surface area (Å²) in [6.07, 6.45) is 10.3. The van der Waals surface area contributed by atoms with E-state index in [1.807, 2.05) is 13.1 Å². The Kier molecular flexibility index (Phi) is 3.63. The van der Waals surface area contributed by atoms with Crippen LogP contribution in [0.5, 0.6) is 0 Å². The van der Waals surface area contributed by atoms with Crippen molar-refractivity contribution in [1.29, 1.82) is 0 Å². The molecule has 4 rings (SSSR count). The Labute approximate surface area is 134 Å². The van der Waals surface area contributed by atoms with Crippen LogP contribution in [0.1, 0.15) is 38.6 Å². The van der Waals surface area contributed by atoms with Crippen LogP contribution in [0.2, 0.25) is 0 Å². The molecule has 122 valence electrons. The zero-order valence-corrected chi connectivity index (χ0v) is 13.3. The van der Waals surface area contributed by atoms with Gasteiger partial charge in [0.05, 0.1) is 18.4 Å².